The van der Waals surface area contributed by atoms with E-state index < -0.39 is 0 Å². The molecule has 0 radical (unpaired) electrons. The molecule has 0 unspecified atom stereocenters. The second-order valence-corrected chi connectivity index (χ2v) is 2.83. The number of hydrogen-bond donors (Lipinski definition) is 0. The molecule has 1 heteroatoms. The topological polar surface area (TPSA) is 0 Å². The standard InChI is InChI=1S/C6H11I/c1-6(2)4-3-5-7/h1,3-5H2,2H3. The van der Waals surface area contributed by atoms with Crippen LogP contribution in [0.3, 0.4) is 0 Å². The molecule has 0 atom stereocenters. The van der Waals surface area contributed by atoms with Crippen molar-refractivity contribution in [3.8, 4) is 0 Å². The number of hydrogen-bond acceptors (Lipinski definition) is 0. The Bertz CT molecular complexity index is 57.2. The SMILES string of the molecule is C=C(C)CCCI. The summed E-state index contributed by atoms with van der Waals surface area (Å²) in [7, 11) is 0. The Labute approximate surface area is 59.1 Å². The molecule has 0 amide bonds. The summed E-state index contributed by atoms with van der Waals surface area (Å²) in [6.07, 6.45) is 2.48. The van der Waals surface area contributed by atoms with Gasteiger partial charge in [0.25, 0.3) is 0 Å². The number of halogens is 1. The smallest absolute Gasteiger partial charge is 0.000168 e. The molecule has 0 aromatic heterocycles. The van der Waals surface area contributed by atoms with Crippen LogP contribution in [0.25, 0.3) is 0 Å². The van der Waals surface area contributed by atoms with E-state index in [1.165, 1.54) is 22.8 Å². The highest BCUT2D eigenvalue weighted by Crippen LogP contribution is 2.01. The van der Waals surface area contributed by atoms with Crippen LogP contribution in [-0.2, 0) is 0 Å². The van der Waals surface area contributed by atoms with Gasteiger partial charge in [-0.15, -0.1) is 6.58 Å². The average molecular weight is 210 g/mol. The van der Waals surface area contributed by atoms with Crippen LogP contribution in [0.4, 0.5) is 0 Å². The minimum atomic E-state index is 1.20. The fourth-order valence-electron chi connectivity index (χ4n) is 0.369. The van der Waals surface area contributed by atoms with E-state index in [1.54, 1.807) is 0 Å². The second kappa shape index (κ2) is 4.62. The molecule has 0 aromatic carbocycles. The third kappa shape index (κ3) is 6.47. The molecule has 0 aliphatic carbocycles. The van der Waals surface area contributed by atoms with Crippen molar-refractivity contribution >= 4 is 22.6 Å². The fraction of sp³-hybridized carbons (Fsp3) is 0.667. The van der Waals surface area contributed by atoms with E-state index in [-0.39, 0.29) is 0 Å². The van der Waals surface area contributed by atoms with Crippen molar-refractivity contribution in [2.45, 2.75) is 19.8 Å². The highest BCUT2D eigenvalue weighted by molar-refractivity contribution is 14.1. The Morgan fingerprint density at radius 3 is 2.43 bits per heavy atom. The first-order valence-corrected chi connectivity index (χ1v) is 4.00. The van der Waals surface area contributed by atoms with Crippen LogP contribution >= 0.6 is 22.6 Å². The van der Waals surface area contributed by atoms with Gasteiger partial charge in [0, 0.05) is 0 Å². The van der Waals surface area contributed by atoms with Crippen molar-refractivity contribution in [1.82, 2.24) is 0 Å². The Balaban J connectivity index is 2.82. The monoisotopic (exact) mass is 210 g/mol. The third-order valence-electron chi connectivity index (χ3n) is 0.737. The molecule has 0 spiro atoms. The molecule has 0 aliphatic rings. The Kier molecular flexibility index (Phi) is 4.94. The Morgan fingerprint density at radius 1 is 1.71 bits per heavy atom. The zero-order valence-corrected chi connectivity index (χ0v) is 6.86. The van der Waals surface area contributed by atoms with Crippen LogP contribution in [0.1, 0.15) is 19.8 Å². The number of alkyl halides is 1. The second-order valence-electron chi connectivity index (χ2n) is 1.75. The summed E-state index contributed by atoms with van der Waals surface area (Å²) in [5.74, 6) is 0. The molecular formula is C6H11I. The number of allylic oxidation sites excluding steroid dienone is 1. The lowest BCUT2D eigenvalue weighted by atomic mass is 10.2. The van der Waals surface area contributed by atoms with Crippen molar-refractivity contribution in [2.75, 3.05) is 4.43 Å². The molecular weight excluding hydrogens is 199 g/mol. The van der Waals surface area contributed by atoms with Gasteiger partial charge in [-0.05, 0) is 24.2 Å². The largest absolute Gasteiger partial charge is 0.100 e. The van der Waals surface area contributed by atoms with Gasteiger partial charge in [0.2, 0.25) is 0 Å². The van der Waals surface area contributed by atoms with Gasteiger partial charge in [-0.25, -0.2) is 0 Å². The third-order valence-corrected chi connectivity index (χ3v) is 1.50. The molecule has 0 saturated heterocycles. The van der Waals surface area contributed by atoms with E-state index in [4.69, 9.17) is 0 Å². The minimum absolute atomic E-state index is 1.20. The summed E-state index contributed by atoms with van der Waals surface area (Å²) in [4.78, 5) is 0. The summed E-state index contributed by atoms with van der Waals surface area (Å²) >= 11 is 2.38. The average Bonchev–Trinajstić information content (AvgIpc) is 1.61. The zero-order chi connectivity index (χ0) is 5.70. The number of rotatable bonds is 3. The van der Waals surface area contributed by atoms with Gasteiger partial charge in [-0.2, -0.15) is 0 Å². The maximum atomic E-state index is 3.79. The van der Waals surface area contributed by atoms with E-state index in [1.807, 2.05) is 0 Å². The van der Waals surface area contributed by atoms with Crippen LogP contribution < -0.4 is 0 Å². The van der Waals surface area contributed by atoms with Crippen molar-refractivity contribution in [1.29, 1.82) is 0 Å². The zero-order valence-electron chi connectivity index (χ0n) is 4.71. The summed E-state index contributed by atoms with van der Waals surface area (Å²) in [5, 5.41) is 0. The van der Waals surface area contributed by atoms with Crippen molar-refractivity contribution in [3.63, 3.8) is 0 Å². The van der Waals surface area contributed by atoms with Crippen LogP contribution in [0.15, 0.2) is 12.2 Å². The molecule has 7 heavy (non-hydrogen) atoms. The first-order chi connectivity index (χ1) is 3.27. The normalized spacial score (nSPS) is 8.86. The van der Waals surface area contributed by atoms with Crippen LogP contribution in [-0.4, -0.2) is 4.43 Å². The Hall–Kier alpha value is 0.470. The summed E-state index contributed by atoms with van der Waals surface area (Å²) in [5.41, 5.74) is 1.30. The summed E-state index contributed by atoms with van der Waals surface area (Å²) < 4.78 is 1.25. The molecule has 0 rings (SSSR count). The van der Waals surface area contributed by atoms with E-state index >= 15 is 0 Å². The predicted octanol–water partition coefficient (Wildman–Crippen LogP) is 2.78. The molecule has 0 N–H and O–H groups in total. The fourth-order valence-corrected chi connectivity index (χ4v) is 0.750. The van der Waals surface area contributed by atoms with Gasteiger partial charge in [-0.1, -0.05) is 28.2 Å². The molecule has 0 aliphatic heterocycles. The molecule has 0 heterocycles. The lowest BCUT2D eigenvalue weighted by Gasteiger charge is -1.91. The first-order valence-electron chi connectivity index (χ1n) is 2.47. The van der Waals surface area contributed by atoms with Gasteiger partial charge in [-0.3, -0.25) is 0 Å². The molecule has 0 saturated carbocycles. The minimum Gasteiger partial charge on any atom is -0.100 e. The summed E-state index contributed by atoms with van der Waals surface area (Å²) in [6.45, 7) is 5.86. The van der Waals surface area contributed by atoms with Gasteiger partial charge < -0.3 is 0 Å². The quantitative estimate of drug-likeness (QED) is 0.381. The first kappa shape index (κ1) is 7.47. The van der Waals surface area contributed by atoms with Crippen molar-refractivity contribution in [2.24, 2.45) is 0 Å². The predicted molar refractivity (Wildman–Crippen MR) is 42.9 cm³/mol. The van der Waals surface area contributed by atoms with Crippen LogP contribution in [0.5, 0.6) is 0 Å². The van der Waals surface area contributed by atoms with Crippen molar-refractivity contribution < 1.29 is 0 Å². The maximum absolute atomic E-state index is 3.79. The lowest BCUT2D eigenvalue weighted by molar-refractivity contribution is 0.932. The van der Waals surface area contributed by atoms with Gasteiger partial charge in [0.15, 0.2) is 0 Å². The van der Waals surface area contributed by atoms with E-state index in [9.17, 15) is 0 Å². The highest BCUT2D eigenvalue weighted by atomic mass is 127. The maximum Gasteiger partial charge on any atom is -0.000168 e. The molecule has 42 valence electrons. The van der Waals surface area contributed by atoms with Gasteiger partial charge >= 0.3 is 0 Å². The van der Waals surface area contributed by atoms with Gasteiger partial charge in [0.05, 0.1) is 0 Å². The van der Waals surface area contributed by atoms with Gasteiger partial charge in [0.1, 0.15) is 0 Å². The molecule has 0 nitrogen and oxygen atoms in total. The lowest BCUT2D eigenvalue weighted by Crippen LogP contribution is -1.74. The molecule has 0 fully saturated rings. The van der Waals surface area contributed by atoms with Crippen molar-refractivity contribution in [3.05, 3.63) is 12.2 Å². The highest BCUT2D eigenvalue weighted by Gasteiger charge is 1.82. The van der Waals surface area contributed by atoms with Crippen LogP contribution in [0, 0.1) is 0 Å². The molecule has 0 aromatic rings. The Morgan fingerprint density at radius 2 is 2.29 bits per heavy atom. The van der Waals surface area contributed by atoms with Crippen LogP contribution in [0.2, 0.25) is 0 Å². The van der Waals surface area contributed by atoms with E-state index in [0.717, 1.165) is 0 Å². The molecule has 0 bridgehead atoms. The summed E-state index contributed by atoms with van der Waals surface area (Å²) in [6, 6.07) is 0. The van der Waals surface area contributed by atoms with E-state index in [0.29, 0.717) is 0 Å². The van der Waals surface area contributed by atoms with E-state index in [2.05, 4.69) is 36.1 Å².